The maximum atomic E-state index is 13.2. The Bertz CT molecular complexity index is 422. The lowest BCUT2D eigenvalue weighted by atomic mass is 9.81. The van der Waals surface area contributed by atoms with E-state index in [1.165, 1.54) is 25.3 Å². The van der Waals surface area contributed by atoms with Gasteiger partial charge >= 0.3 is 0 Å². The van der Waals surface area contributed by atoms with Gasteiger partial charge in [0.05, 0.1) is 5.60 Å². The average Bonchev–Trinajstić information content (AvgIpc) is 2.27. The minimum atomic E-state index is -0.616. The van der Waals surface area contributed by atoms with Gasteiger partial charge < -0.3 is 5.11 Å². The van der Waals surface area contributed by atoms with Gasteiger partial charge in [0.1, 0.15) is 5.82 Å². The highest BCUT2D eigenvalue weighted by Gasteiger charge is 2.41. The van der Waals surface area contributed by atoms with Gasteiger partial charge in [-0.05, 0) is 43.4 Å². The lowest BCUT2D eigenvalue weighted by molar-refractivity contribution is 0.0129. The molecule has 3 rings (SSSR count). The first-order chi connectivity index (χ1) is 8.63. The molecule has 98 valence electrons. The number of rotatable bonds is 2. The SMILES string of the molecule is OC1(Cc2cccc(F)c2)CC2CCCC(C1)S2. The molecule has 1 aromatic carbocycles. The Morgan fingerprint density at radius 3 is 2.67 bits per heavy atom. The van der Waals surface area contributed by atoms with Gasteiger partial charge in [0, 0.05) is 16.9 Å². The van der Waals surface area contributed by atoms with Gasteiger partial charge in [0.2, 0.25) is 0 Å². The lowest BCUT2D eigenvalue weighted by Gasteiger charge is -2.44. The lowest BCUT2D eigenvalue weighted by Crippen LogP contribution is -2.44. The number of fused-ring (bicyclic) bond motifs is 2. The predicted molar refractivity (Wildman–Crippen MR) is 73.3 cm³/mol. The molecular weight excluding hydrogens is 247 g/mol. The molecule has 18 heavy (non-hydrogen) atoms. The Kier molecular flexibility index (Phi) is 3.37. The molecule has 2 aliphatic heterocycles. The van der Waals surface area contributed by atoms with Gasteiger partial charge in [-0.2, -0.15) is 11.8 Å². The Balaban J connectivity index is 1.74. The summed E-state index contributed by atoms with van der Waals surface area (Å²) in [5.41, 5.74) is 0.303. The monoisotopic (exact) mass is 266 g/mol. The fraction of sp³-hybridized carbons (Fsp3) is 0.600. The summed E-state index contributed by atoms with van der Waals surface area (Å²) in [6.45, 7) is 0. The molecule has 0 aromatic heterocycles. The molecule has 0 radical (unpaired) electrons. The first kappa shape index (κ1) is 12.5. The number of benzene rings is 1. The highest BCUT2D eigenvalue weighted by atomic mass is 32.2. The van der Waals surface area contributed by atoms with Crippen LogP contribution in [0.2, 0.25) is 0 Å². The smallest absolute Gasteiger partial charge is 0.123 e. The predicted octanol–water partition coefficient (Wildman–Crippen LogP) is 3.55. The van der Waals surface area contributed by atoms with Crippen molar-refractivity contribution in [2.24, 2.45) is 0 Å². The molecule has 1 aromatic rings. The topological polar surface area (TPSA) is 20.2 Å². The molecule has 3 heteroatoms. The van der Waals surface area contributed by atoms with Crippen LogP contribution >= 0.6 is 11.8 Å². The fourth-order valence-corrected chi connectivity index (χ4v) is 5.35. The van der Waals surface area contributed by atoms with E-state index in [1.807, 2.05) is 6.07 Å². The van der Waals surface area contributed by atoms with Crippen molar-refractivity contribution in [3.8, 4) is 0 Å². The molecule has 2 atom stereocenters. The van der Waals surface area contributed by atoms with E-state index in [0.717, 1.165) is 18.4 Å². The first-order valence-electron chi connectivity index (χ1n) is 6.75. The van der Waals surface area contributed by atoms with E-state index in [-0.39, 0.29) is 5.82 Å². The van der Waals surface area contributed by atoms with Crippen LogP contribution in [0.1, 0.15) is 37.7 Å². The van der Waals surface area contributed by atoms with Crippen molar-refractivity contribution in [3.05, 3.63) is 35.6 Å². The van der Waals surface area contributed by atoms with Gasteiger partial charge in [-0.3, -0.25) is 0 Å². The van der Waals surface area contributed by atoms with Gasteiger partial charge in [-0.25, -0.2) is 4.39 Å². The van der Waals surface area contributed by atoms with Crippen LogP contribution in [0.25, 0.3) is 0 Å². The Morgan fingerprint density at radius 1 is 1.28 bits per heavy atom. The zero-order valence-electron chi connectivity index (χ0n) is 10.4. The Morgan fingerprint density at radius 2 is 2.00 bits per heavy atom. The summed E-state index contributed by atoms with van der Waals surface area (Å²) in [6.07, 6.45) is 6.09. The van der Waals surface area contributed by atoms with E-state index in [1.54, 1.807) is 12.1 Å². The van der Waals surface area contributed by atoms with Crippen LogP contribution in [-0.4, -0.2) is 21.2 Å². The Hall–Kier alpha value is -0.540. The van der Waals surface area contributed by atoms with E-state index >= 15 is 0 Å². The molecule has 0 amide bonds. The molecule has 2 fully saturated rings. The van der Waals surface area contributed by atoms with E-state index in [4.69, 9.17) is 0 Å². The van der Waals surface area contributed by atoms with E-state index in [9.17, 15) is 9.50 Å². The zero-order valence-corrected chi connectivity index (χ0v) is 11.3. The zero-order chi connectivity index (χ0) is 12.6. The number of aliphatic hydroxyl groups is 1. The van der Waals surface area contributed by atoms with E-state index in [0.29, 0.717) is 16.9 Å². The maximum Gasteiger partial charge on any atom is 0.123 e. The van der Waals surface area contributed by atoms with Gasteiger partial charge in [-0.1, -0.05) is 18.6 Å². The molecule has 1 N–H and O–H groups in total. The molecule has 2 saturated heterocycles. The van der Waals surface area contributed by atoms with Crippen molar-refractivity contribution in [2.45, 2.75) is 54.6 Å². The van der Waals surface area contributed by atoms with Crippen LogP contribution in [0.3, 0.4) is 0 Å². The second-order valence-corrected chi connectivity index (χ2v) is 7.36. The summed E-state index contributed by atoms with van der Waals surface area (Å²) in [5.74, 6) is -0.207. The van der Waals surface area contributed by atoms with Crippen LogP contribution < -0.4 is 0 Å². The van der Waals surface area contributed by atoms with E-state index in [2.05, 4.69) is 11.8 Å². The fourth-order valence-electron chi connectivity index (χ4n) is 3.38. The summed E-state index contributed by atoms with van der Waals surface area (Å²) in [5, 5.41) is 12.0. The minimum absolute atomic E-state index is 0.207. The van der Waals surface area contributed by atoms with Crippen molar-refractivity contribution in [3.63, 3.8) is 0 Å². The standard InChI is InChI=1S/C15H19FOS/c16-12-4-1-3-11(7-12)8-15(17)9-13-5-2-6-14(10-15)18-13/h1,3-4,7,13-14,17H,2,5-6,8-10H2. The Labute approximate surface area is 112 Å². The van der Waals surface area contributed by atoms with Gasteiger partial charge in [0.15, 0.2) is 0 Å². The number of halogens is 1. The minimum Gasteiger partial charge on any atom is -0.389 e. The number of hydrogen-bond acceptors (Lipinski definition) is 2. The molecule has 1 nitrogen and oxygen atoms in total. The molecule has 0 aliphatic carbocycles. The summed E-state index contributed by atoms with van der Waals surface area (Å²) >= 11 is 2.06. The van der Waals surface area contributed by atoms with E-state index < -0.39 is 5.60 Å². The van der Waals surface area contributed by atoms with Crippen molar-refractivity contribution in [2.75, 3.05) is 0 Å². The summed E-state index contributed by atoms with van der Waals surface area (Å²) in [6, 6.07) is 6.65. The average molecular weight is 266 g/mol. The first-order valence-corrected chi connectivity index (χ1v) is 7.70. The molecule has 2 heterocycles. The third kappa shape index (κ3) is 2.72. The largest absolute Gasteiger partial charge is 0.389 e. The number of thioether (sulfide) groups is 1. The van der Waals surface area contributed by atoms with Crippen molar-refractivity contribution >= 4 is 11.8 Å². The highest BCUT2D eigenvalue weighted by molar-refractivity contribution is 8.00. The number of hydrogen-bond donors (Lipinski definition) is 1. The van der Waals surface area contributed by atoms with Crippen LogP contribution in [0, 0.1) is 5.82 Å². The third-order valence-electron chi connectivity index (χ3n) is 4.07. The highest BCUT2D eigenvalue weighted by Crippen LogP contribution is 2.46. The van der Waals surface area contributed by atoms with Crippen LogP contribution in [0.4, 0.5) is 4.39 Å². The quantitative estimate of drug-likeness (QED) is 0.883. The second-order valence-electron chi connectivity index (χ2n) is 5.75. The molecule has 2 unspecified atom stereocenters. The van der Waals surface area contributed by atoms with Crippen molar-refractivity contribution in [1.82, 2.24) is 0 Å². The molecule has 0 spiro atoms. The van der Waals surface area contributed by atoms with Crippen LogP contribution in [0.5, 0.6) is 0 Å². The second kappa shape index (κ2) is 4.86. The van der Waals surface area contributed by atoms with Crippen LogP contribution in [0.15, 0.2) is 24.3 Å². The maximum absolute atomic E-state index is 13.2. The van der Waals surface area contributed by atoms with Crippen molar-refractivity contribution in [1.29, 1.82) is 0 Å². The molecule has 2 bridgehead atoms. The van der Waals surface area contributed by atoms with Gasteiger partial charge in [-0.15, -0.1) is 0 Å². The third-order valence-corrected chi connectivity index (χ3v) is 5.65. The summed E-state index contributed by atoms with van der Waals surface area (Å²) in [4.78, 5) is 0. The molecular formula is C15H19FOS. The van der Waals surface area contributed by atoms with Crippen molar-refractivity contribution < 1.29 is 9.50 Å². The normalized spacial score (nSPS) is 35.4. The molecule has 0 saturated carbocycles. The summed E-state index contributed by atoms with van der Waals surface area (Å²) < 4.78 is 13.2. The molecule has 2 aliphatic rings. The van der Waals surface area contributed by atoms with Crippen LogP contribution in [-0.2, 0) is 6.42 Å². The summed E-state index contributed by atoms with van der Waals surface area (Å²) in [7, 11) is 0. The van der Waals surface area contributed by atoms with Gasteiger partial charge in [0.25, 0.3) is 0 Å².